The molecule has 15 nitrogen and oxygen atoms in total. The molecule has 6 aliphatic heterocycles. The highest BCUT2D eigenvalue weighted by Gasteiger charge is 2.60. The third kappa shape index (κ3) is 10.2. The number of aliphatic hydroxyl groups is 2. The highest BCUT2D eigenvalue weighted by atomic mass is 16.7. The molecule has 6 heterocycles. The molecule has 1 aliphatic carbocycles. The average Bonchev–Trinajstić information content (AvgIpc) is 3.58. The maximum absolute atomic E-state index is 14.3. The topological polar surface area (TPSA) is 179 Å². The average molecular weight is 900 g/mol. The summed E-state index contributed by atoms with van der Waals surface area (Å²) in [6, 6.07) is -0.314. The van der Waals surface area contributed by atoms with Gasteiger partial charge in [0.15, 0.2) is 18.4 Å². The molecule has 1 spiro atoms. The highest BCUT2D eigenvalue weighted by Crippen LogP contribution is 2.47. The lowest BCUT2D eigenvalue weighted by atomic mass is 9.71. The number of carbonyl (C=O) groups is 2. The lowest BCUT2D eigenvalue weighted by Crippen LogP contribution is -2.58. The second-order valence-corrected chi connectivity index (χ2v) is 19.5. The van der Waals surface area contributed by atoms with Gasteiger partial charge in [0.25, 0.3) is 0 Å². The molecule has 7 aliphatic rings. The van der Waals surface area contributed by atoms with E-state index in [0.717, 1.165) is 5.57 Å². The smallest absolute Gasteiger partial charge is 0.316 e. The molecule has 0 saturated carbocycles. The fraction of sp³-hybridized carbons (Fsp3) is 0.755. The van der Waals surface area contributed by atoms with Gasteiger partial charge < -0.3 is 62.9 Å². The summed E-state index contributed by atoms with van der Waals surface area (Å²) >= 11 is 0. The van der Waals surface area contributed by atoms with Crippen LogP contribution >= 0.6 is 0 Å². The van der Waals surface area contributed by atoms with Gasteiger partial charge in [0.1, 0.15) is 35.9 Å². The summed E-state index contributed by atoms with van der Waals surface area (Å²) < 4.78 is 64.2. The standard InChI is InChI=1S/C49H73NO14/c1-25(2)43-28(5)17-18-48(64-43)23-35-20-34(63-48)16-15-27(4)44(26(3)13-12-14-33-24-57-46-42(52)29(6)19-36(47(53)60-35)49(33,46)54)61-40-22-38(56-11)45(31(8)59-40)62-39-21-37(55-10)41(30(7)58-39)50-32(9)51/h12-15,17-19,25-26,28,30-31,34-46,52,54H,16,20-24H2,1-11H3,(H,50,51). The summed E-state index contributed by atoms with van der Waals surface area (Å²) in [7, 11) is 3.27. The van der Waals surface area contributed by atoms with E-state index in [1.165, 1.54) is 6.92 Å². The summed E-state index contributed by atoms with van der Waals surface area (Å²) in [5.74, 6) is -2.81. The number of methoxy groups -OCH3 is 2. The van der Waals surface area contributed by atoms with Crippen molar-refractivity contribution in [2.24, 2.45) is 23.7 Å². The van der Waals surface area contributed by atoms with Crippen LogP contribution in [-0.2, 0) is 57.0 Å². The fourth-order valence-electron chi connectivity index (χ4n) is 10.9. The van der Waals surface area contributed by atoms with E-state index in [2.05, 4.69) is 45.2 Å². The molecule has 4 saturated heterocycles. The van der Waals surface area contributed by atoms with E-state index in [0.29, 0.717) is 36.8 Å². The first-order chi connectivity index (χ1) is 30.4. The number of esters is 1. The van der Waals surface area contributed by atoms with Crippen molar-refractivity contribution in [2.45, 2.75) is 192 Å². The number of hydrogen-bond donors (Lipinski definition) is 3. The fourth-order valence-corrected chi connectivity index (χ4v) is 10.9. The van der Waals surface area contributed by atoms with Gasteiger partial charge in [-0.25, -0.2) is 0 Å². The molecule has 19 atom stereocenters. The van der Waals surface area contributed by atoms with Crippen molar-refractivity contribution in [3.8, 4) is 0 Å². The monoisotopic (exact) mass is 900 g/mol. The molecule has 0 radical (unpaired) electrons. The van der Waals surface area contributed by atoms with Crippen LogP contribution in [0.5, 0.6) is 0 Å². The van der Waals surface area contributed by atoms with Crippen LogP contribution in [0.4, 0.5) is 0 Å². The molecule has 64 heavy (non-hydrogen) atoms. The molecule has 0 aromatic heterocycles. The Kier molecular flexibility index (Phi) is 15.5. The third-order valence-corrected chi connectivity index (χ3v) is 14.4. The first-order valence-electron chi connectivity index (χ1n) is 23.3. The minimum atomic E-state index is -1.84. The molecule has 7 rings (SSSR count). The van der Waals surface area contributed by atoms with Crippen LogP contribution in [0.25, 0.3) is 0 Å². The Morgan fingerprint density at radius 2 is 1.61 bits per heavy atom. The van der Waals surface area contributed by atoms with Crippen LogP contribution in [-0.4, -0.2) is 140 Å². The summed E-state index contributed by atoms with van der Waals surface area (Å²) in [5, 5.41) is 26.7. The zero-order valence-electron chi connectivity index (χ0n) is 39.5. The Morgan fingerprint density at radius 1 is 0.906 bits per heavy atom. The Morgan fingerprint density at radius 3 is 2.31 bits per heavy atom. The van der Waals surface area contributed by atoms with Crippen LogP contribution in [0.3, 0.4) is 0 Å². The number of amides is 1. The van der Waals surface area contributed by atoms with Gasteiger partial charge in [0.2, 0.25) is 5.91 Å². The zero-order valence-corrected chi connectivity index (χ0v) is 39.5. The van der Waals surface area contributed by atoms with Crippen molar-refractivity contribution in [1.29, 1.82) is 0 Å². The maximum Gasteiger partial charge on any atom is 0.316 e. The Labute approximate surface area is 378 Å². The van der Waals surface area contributed by atoms with E-state index in [1.54, 1.807) is 33.3 Å². The quantitative estimate of drug-likeness (QED) is 0.216. The van der Waals surface area contributed by atoms with Crippen molar-refractivity contribution in [3.05, 3.63) is 59.3 Å². The largest absolute Gasteiger partial charge is 0.462 e. The first-order valence-corrected chi connectivity index (χ1v) is 23.3. The zero-order chi connectivity index (χ0) is 46.2. The number of allylic oxidation sites excluding steroid dienone is 2. The third-order valence-electron chi connectivity index (χ3n) is 14.4. The predicted octanol–water partition coefficient (Wildman–Crippen LogP) is 5.13. The molecule has 358 valence electrons. The number of ether oxygens (including phenoxy) is 10. The summed E-state index contributed by atoms with van der Waals surface area (Å²) in [6.07, 6.45) is 8.46. The molecule has 19 unspecified atom stereocenters. The Bertz CT molecular complexity index is 1830. The van der Waals surface area contributed by atoms with Gasteiger partial charge in [0.05, 0.1) is 55.4 Å². The molecular formula is C49H73NO14. The first kappa shape index (κ1) is 49.1. The number of hydrogen-bond acceptors (Lipinski definition) is 14. The molecule has 2 bridgehead atoms. The minimum Gasteiger partial charge on any atom is -0.462 e. The minimum absolute atomic E-state index is 0.0266. The van der Waals surface area contributed by atoms with Gasteiger partial charge in [-0.05, 0) is 62.8 Å². The number of rotatable bonds is 8. The van der Waals surface area contributed by atoms with E-state index in [1.807, 2.05) is 39.0 Å². The van der Waals surface area contributed by atoms with Crippen molar-refractivity contribution < 1.29 is 67.2 Å². The number of aliphatic hydroxyl groups excluding tert-OH is 1. The molecule has 3 N–H and O–H groups in total. The van der Waals surface area contributed by atoms with Gasteiger partial charge in [-0.2, -0.15) is 0 Å². The second-order valence-electron chi connectivity index (χ2n) is 19.5. The molecule has 0 aromatic carbocycles. The summed E-state index contributed by atoms with van der Waals surface area (Å²) in [5.41, 5.74) is 0.112. The van der Waals surface area contributed by atoms with Gasteiger partial charge in [-0.3, -0.25) is 9.59 Å². The predicted molar refractivity (Wildman–Crippen MR) is 234 cm³/mol. The Balaban J connectivity index is 1.16. The van der Waals surface area contributed by atoms with E-state index >= 15 is 0 Å². The number of carbonyl (C=O) groups excluding carboxylic acids is 2. The normalized spacial score (nSPS) is 45.3. The van der Waals surface area contributed by atoms with Crippen LogP contribution < -0.4 is 5.32 Å². The SMILES string of the molecule is COC1CC(OC2C(C)OC(OC3C(C)=CCC4CC(CC5(C=CC(C)C(C(C)C)O5)O4)OC(=O)C4C=C(C)C(O)C5OCC(=CC=CC3C)C45O)CC2OC)OC(C)C1NC(C)=O. The second kappa shape index (κ2) is 20.2. The summed E-state index contributed by atoms with van der Waals surface area (Å²) in [6.45, 7) is 17.5. The van der Waals surface area contributed by atoms with Gasteiger partial charge in [0, 0.05) is 58.7 Å². The van der Waals surface area contributed by atoms with Crippen molar-refractivity contribution >= 4 is 11.9 Å². The van der Waals surface area contributed by atoms with Crippen molar-refractivity contribution in [1.82, 2.24) is 5.32 Å². The molecule has 1 amide bonds. The summed E-state index contributed by atoms with van der Waals surface area (Å²) in [4.78, 5) is 26.2. The van der Waals surface area contributed by atoms with Crippen LogP contribution in [0.1, 0.15) is 94.4 Å². The van der Waals surface area contributed by atoms with Crippen LogP contribution in [0, 0.1) is 23.7 Å². The van der Waals surface area contributed by atoms with E-state index < -0.39 is 84.7 Å². The molecular weight excluding hydrogens is 827 g/mol. The van der Waals surface area contributed by atoms with Crippen molar-refractivity contribution in [2.75, 3.05) is 20.8 Å². The van der Waals surface area contributed by atoms with Gasteiger partial charge >= 0.3 is 5.97 Å². The molecule has 15 heteroatoms. The van der Waals surface area contributed by atoms with Gasteiger partial charge in [-0.15, -0.1) is 0 Å². The van der Waals surface area contributed by atoms with Crippen LogP contribution in [0.2, 0.25) is 0 Å². The van der Waals surface area contributed by atoms with Gasteiger partial charge in [-0.1, -0.05) is 64.2 Å². The van der Waals surface area contributed by atoms with E-state index in [-0.39, 0.29) is 61.0 Å². The van der Waals surface area contributed by atoms with Crippen molar-refractivity contribution in [3.63, 3.8) is 0 Å². The lowest BCUT2D eigenvalue weighted by Gasteiger charge is -2.48. The van der Waals surface area contributed by atoms with E-state index in [4.69, 9.17) is 47.4 Å². The van der Waals surface area contributed by atoms with Crippen LogP contribution in [0.15, 0.2) is 59.3 Å². The molecule has 4 fully saturated rings. The number of nitrogens with one attached hydrogen (secondary N) is 1. The molecule has 0 aromatic rings. The lowest BCUT2D eigenvalue weighted by molar-refractivity contribution is -0.311. The maximum atomic E-state index is 14.3. The Hall–Kier alpha value is -2.80. The van der Waals surface area contributed by atoms with E-state index in [9.17, 15) is 19.8 Å². The number of fused-ring (bicyclic) bond motifs is 2. The highest BCUT2D eigenvalue weighted by molar-refractivity contribution is 5.78.